The Morgan fingerprint density at radius 3 is 2.45 bits per heavy atom. The Balaban J connectivity index is 2.65. The maximum absolute atomic E-state index is 12.9. The molecule has 0 aromatic heterocycles. The van der Waals surface area contributed by atoms with E-state index in [4.69, 9.17) is 0 Å². The average molecular weight is 389 g/mol. The molecule has 7 heteroatoms. The summed E-state index contributed by atoms with van der Waals surface area (Å²) in [6.45, 7) is 6.77. The van der Waals surface area contributed by atoms with Crippen molar-refractivity contribution in [1.29, 1.82) is 0 Å². The predicted molar refractivity (Wildman–Crippen MR) is 90.6 cm³/mol. The van der Waals surface area contributed by atoms with Crippen molar-refractivity contribution in [2.75, 3.05) is 24.5 Å². The highest BCUT2D eigenvalue weighted by molar-refractivity contribution is 9.10. The standard InChI is InChI=1S/C15H21BrN2O3S/c1-4-14(19)18-8-7-11-9-12(16)10-13(15(11)18)22(20,21)17(5-2)6-3/h9-10H,4-8H2,1-3H3. The number of carbonyl (C=O) groups is 1. The topological polar surface area (TPSA) is 57.7 Å². The van der Waals surface area contributed by atoms with Gasteiger partial charge in [-0.15, -0.1) is 0 Å². The van der Waals surface area contributed by atoms with Crippen molar-refractivity contribution in [3.63, 3.8) is 0 Å². The average Bonchev–Trinajstić information content (AvgIpc) is 2.89. The van der Waals surface area contributed by atoms with Gasteiger partial charge in [0.15, 0.2) is 0 Å². The Labute approximate surface area is 140 Å². The first-order valence-electron chi connectivity index (χ1n) is 7.49. The fraction of sp³-hybridized carbons (Fsp3) is 0.533. The molecule has 0 radical (unpaired) electrons. The lowest BCUT2D eigenvalue weighted by molar-refractivity contribution is -0.118. The van der Waals surface area contributed by atoms with Crippen LogP contribution in [0, 0.1) is 0 Å². The Bertz CT molecular complexity index is 684. The number of amides is 1. The smallest absolute Gasteiger partial charge is 0.245 e. The molecular formula is C15H21BrN2O3S. The molecule has 122 valence electrons. The molecule has 0 aliphatic carbocycles. The van der Waals surface area contributed by atoms with Gasteiger partial charge in [-0.05, 0) is 24.1 Å². The second kappa shape index (κ2) is 6.68. The van der Waals surface area contributed by atoms with Crippen LogP contribution >= 0.6 is 15.9 Å². The van der Waals surface area contributed by atoms with E-state index in [1.54, 1.807) is 17.9 Å². The van der Waals surface area contributed by atoms with Crippen LogP contribution < -0.4 is 4.90 Å². The van der Waals surface area contributed by atoms with E-state index in [2.05, 4.69) is 15.9 Å². The molecule has 0 atom stereocenters. The molecule has 0 bridgehead atoms. The van der Waals surface area contributed by atoms with Crippen molar-refractivity contribution in [2.24, 2.45) is 0 Å². The number of benzene rings is 1. The molecule has 0 fully saturated rings. The van der Waals surface area contributed by atoms with Crippen molar-refractivity contribution in [2.45, 2.75) is 38.5 Å². The first-order valence-corrected chi connectivity index (χ1v) is 9.73. The third-order valence-corrected chi connectivity index (χ3v) is 6.44. The summed E-state index contributed by atoms with van der Waals surface area (Å²) in [4.78, 5) is 14.0. The van der Waals surface area contributed by atoms with E-state index in [1.165, 1.54) is 4.31 Å². The number of hydrogen-bond donors (Lipinski definition) is 0. The normalized spacial score (nSPS) is 14.5. The minimum Gasteiger partial charge on any atom is -0.310 e. The quantitative estimate of drug-likeness (QED) is 0.778. The maximum Gasteiger partial charge on any atom is 0.245 e. The summed E-state index contributed by atoms with van der Waals surface area (Å²) >= 11 is 3.39. The van der Waals surface area contributed by atoms with Gasteiger partial charge < -0.3 is 4.90 Å². The van der Waals surface area contributed by atoms with Gasteiger partial charge in [-0.2, -0.15) is 4.31 Å². The zero-order valence-corrected chi connectivity index (χ0v) is 15.5. The molecular weight excluding hydrogens is 368 g/mol. The van der Waals surface area contributed by atoms with Crippen LogP contribution in [-0.4, -0.2) is 38.3 Å². The van der Waals surface area contributed by atoms with Gasteiger partial charge in [0.2, 0.25) is 15.9 Å². The van der Waals surface area contributed by atoms with E-state index in [0.717, 1.165) is 10.0 Å². The number of sulfonamides is 1. The summed E-state index contributed by atoms with van der Waals surface area (Å²) < 4.78 is 28.0. The number of halogens is 1. The molecule has 1 aliphatic heterocycles. The van der Waals surface area contributed by atoms with E-state index in [-0.39, 0.29) is 10.8 Å². The van der Waals surface area contributed by atoms with Crippen molar-refractivity contribution in [3.8, 4) is 0 Å². The highest BCUT2D eigenvalue weighted by Crippen LogP contribution is 2.38. The molecule has 1 aromatic rings. The number of rotatable bonds is 5. The van der Waals surface area contributed by atoms with Crippen LogP contribution in [0.15, 0.2) is 21.5 Å². The molecule has 0 saturated carbocycles. The van der Waals surface area contributed by atoms with Crippen LogP contribution in [-0.2, 0) is 21.2 Å². The fourth-order valence-electron chi connectivity index (χ4n) is 2.81. The number of carbonyl (C=O) groups excluding carboxylic acids is 1. The van der Waals surface area contributed by atoms with Gasteiger partial charge in [0, 0.05) is 30.5 Å². The van der Waals surface area contributed by atoms with Crippen LogP contribution in [0.1, 0.15) is 32.8 Å². The lowest BCUT2D eigenvalue weighted by Crippen LogP contribution is -2.34. The first-order chi connectivity index (χ1) is 10.4. The predicted octanol–water partition coefficient (Wildman–Crippen LogP) is 2.78. The molecule has 1 amide bonds. The van der Waals surface area contributed by atoms with Crippen LogP contribution in [0.25, 0.3) is 0 Å². The molecule has 0 spiro atoms. The van der Waals surface area contributed by atoms with Gasteiger partial charge in [-0.1, -0.05) is 36.7 Å². The third kappa shape index (κ3) is 2.94. The van der Waals surface area contributed by atoms with E-state index < -0.39 is 10.0 Å². The number of hydrogen-bond acceptors (Lipinski definition) is 3. The Morgan fingerprint density at radius 1 is 1.27 bits per heavy atom. The van der Waals surface area contributed by atoms with Crippen LogP contribution in [0.5, 0.6) is 0 Å². The highest BCUT2D eigenvalue weighted by atomic mass is 79.9. The van der Waals surface area contributed by atoms with Gasteiger partial charge >= 0.3 is 0 Å². The minimum absolute atomic E-state index is 0.0444. The van der Waals surface area contributed by atoms with Gasteiger partial charge in [0.1, 0.15) is 4.90 Å². The molecule has 5 nitrogen and oxygen atoms in total. The van der Waals surface area contributed by atoms with Crippen LogP contribution in [0.3, 0.4) is 0 Å². The molecule has 1 aliphatic rings. The van der Waals surface area contributed by atoms with E-state index in [9.17, 15) is 13.2 Å². The molecule has 0 unspecified atom stereocenters. The fourth-order valence-corrected chi connectivity index (χ4v) is 5.19. The first kappa shape index (κ1) is 17.4. The summed E-state index contributed by atoms with van der Waals surface area (Å²) in [7, 11) is -3.61. The SMILES string of the molecule is CCC(=O)N1CCc2cc(Br)cc(S(=O)(=O)N(CC)CC)c21. The molecule has 2 rings (SSSR count). The second-order valence-corrected chi connectivity index (χ2v) is 7.97. The van der Waals surface area contributed by atoms with Gasteiger partial charge in [-0.3, -0.25) is 4.79 Å². The van der Waals surface area contributed by atoms with Crippen molar-refractivity contribution in [3.05, 3.63) is 22.2 Å². The van der Waals surface area contributed by atoms with Crippen LogP contribution in [0.2, 0.25) is 0 Å². The van der Waals surface area contributed by atoms with E-state index in [1.807, 2.05) is 19.9 Å². The van der Waals surface area contributed by atoms with Gasteiger partial charge in [-0.25, -0.2) is 8.42 Å². The summed E-state index contributed by atoms with van der Waals surface area (Å²) in [6, 6.07) is 3.51. The Kier molecular flexibility index (Phi) is 5.29. The van der Waals surface area contributed by atoms with Crippen molar-refractivity contribution >= 4 is 37.5 Å². The molecule has 0 N–H and O–H groups in total. The minimum atomic E-state index is -3.61. The molecule has 1 heterocycles. The summed E-state index contributed by atoms with van der Waals surface area (Å²) in [5, 5.41) is 0. The summed E-state index contributed by atoms with van der Waals surface area (Å²) in [5.41, 5.74) is 1.46. The van der Waals surface area contributed by atoms with Crippen molar-refractivity contribution < 1.29 is 13.2 Å². The lowest BCUT2D eigenvalue weighted by Gasteiger charge is -2.24. The van der Waals surface area contributed by atoms with Crippen LogP contribution in [0.4, 0.5) is 5.69 Å². The van der Waals surface area contributed by atoms with Gasteiger partial charge in [0.25, 0.3) is 0 Å². The summed E-state index contributed by atoms with van der Waals surface area (Å²) in [5.74, 6) is -0.0444. The monoisotopic (exact) mass is 388 g/mol. The number of fused-ring (bicyclic) bond motifs is 1. The zero-order chi connectivity index (χ0) is 16.5. The van der Waals surface area contributed by atoms with E-state index >= 15 is 0 Å². The molecule has 0 saturated heterocycles. The third-order valence-electron chi connectivity index (χ3n) is 3.92. The Hall–Kier alpha value is -0.920. The second-order valence-electron chi connectivity index (χ2n) is 5.15. The molecule has 22 heavy (non-hydrogen) atoms. The number of anilines is 1. The maximum atomic E-state index is 12.9. The molecule has 1 aromatic carbocycles. The van der Waals surface area contributed by atoms with Gasteiger partial charge in [0.05, 0.1) is 5.69 Å². The summed E-state index contributed by atoms with van der Waals surface area (Å²) in [6.07, 6.45) is 1.04. The zero-order valence-electron chi connectivity index (χ0n) is 13.1. The Morgan fingerprint density at radius 2 is 1.91 bits per heavy atom. The van der Waals surface area contributed by atoms with E-state index in [0.29, 0.717) is 38.2 Å². The number of nitrogens with zero attached hydrogens (tertiary/aromatic N) is 2. The lowest BCUT2D eigenvalue weighted by atomic mass is 10.2. The largest absolute Gasteiger partial charge is 0.310 e. The highest BCUT2D eigenvalue weighted by Gasteiger charge is 2.34. The van der Waals surface area contributed by atoms with Crippen molar-refractivity contribution in [1.82, 2.24) is 4.31 Å².